The van der Waals surface area contributed by atoms with Crippen molar-refractivity contribution in [1.29, 1.82) is 0 Å². The van der Waals surface area contributed by atoms with Crippen molar-refractivity contribution in [3.05, 3.63) is 0 Å². The number of nitrogens with one attached hydrogen (secondary N) is 1. The minimum absolute atomic E-state index is 0.0967. The maximum Gasteiger partial charge on any atom is 0.157 e. The minimum atomic E-state index is 0.0967. The second kappa shape index (κ2) is 13.2. The number of ether oxygens (including phenoxy) is 2. The van der Waals surface area contributed by atoms with Gasteiger partial charge in [0.25, 0.3) is 0 Å². The number of rotatable bonds is 12. The zero-order chi connectivity index (χ0) is 16.0. The lowest BCUT2D eigenvalue weighted by Crippen LogP contribution is -2.43. The molecule has 0 saturated carbocycles. The Morgan fingerprint density at radius 3 is 2.26 bits per heavy atom. The van der Waals surface area contributed by atoms with Gasteiger partial charge in [0.05, 0.1) is 0 Å². The van der Waals surface area contributed by atoms with Crippen molar-refractivity contribution < 1.29 is 9.47 Å². The van der Waals surface area contributed by atoms with Crippen LogP contribution in [0.25, 0.3) is 0 Å². The van der Waals surface area contributed by atoms with E-state index in [0.717, 1.165) is 19.6 Å². The second-order valence-electron chi connectivity index (χ2n) is 7.09. The van der Waals surface area contributed by atoms with Gasteiger partial charge in [0.2, 0.25) is 0 Å². The Balaban J connectivity index is 1.26. The van der Waals surface area contributed by atoms with Crippen LogP contribution in [0.1, 0.15) is 70.6 Å². The summed E-state index contributed by atoms with van der Waals surface area (Å²) in [7, 11) is 0. The van der Waals surface area contributed by atoms with E-state index in [1.807, 2.05) is 0 Å². The van der Waals surface area contributed by atoms with E-state index in [1.54, 1.807) is 0 Å². The first-order valence-electron chi connectivity index (χ1n) is 10.1. The summed E-state index contributed by atoms with van der Waals surface area (Å²) in [6, 6.07) is 0. The quantitative estimate of drug-likeness (QED) is 0.556. The van der Waals surface area contributed by atoms with Gasteiger partial charge >= 0.3 is 0 Å². The van der Waals surface area contributed by atoms with Gasteiger partial charge in [-0.1, -0.05) is 38.5 Å². The highest BCUT2D eigenvalue weighted by atomic mass is 16.7. The third-order valence-electron chi connectivity index (χ3n) is 5.02. The first-order chi connectivity index (χ1) is 11.4. The average molecular weight is 327 g/mol. The molecule has 4 nitrogen and oxygen atoms in total. The van der Waals surface area contributed by atoms with Gasteiger partial charge in [-0.3, -0.25) is 0 Å². The fourth-order valence-electron chi connectivity index (χ4n) is 3.49. The van der Waals surface area contributed by atoms with Crippen molar-refractivity contribution in [2.45, 2.75) is 76.9 Å². The molecule has 2 rings (SSSR count). The average Bonchev–Trinajstić information content (AvgIpc) is 2.61. The molecular weight excluding hydrogens is 288 g/mol. The lowest BCUT2D eigenvalue weighted by Gasteiger charge is -2.27. The molecule has 1 unspecified atom stereocenters. The van der Waals surface area contributed by atoms with Crippen molar-refractivity contribution >= 4 is 0 Å². The molecule has 136 valence electrons. The van der Waals surface area contributed by atoms with E-state index < -0.39 is 0 Å². The van der Waals surface area contributed by atoms with E-state index in [-0.39, 0.29) is 6.29 Å². The Morgan fingerprint density at radius 1 is 0.870 bits per heavy atom. The molecule has 0 aromatic carbocycles. The van der Waals surface area contributed by atoms with E-state index in [4.69, 9.17) is 9.47 Å². The van der Waals surface area contributed by atoms with Gasteiger partial charge in [0, 0.05) is 39.4 Å². The highest BCUT2D eigenvalue weighted by Crippen LogP contribution is 2.15. The molecule has 2 aliphatic heterocycles. The molecule has 2 aliphatic rings. The molecule has 0 amide bonds. The number of nitrogens with zero attached hydrogens (tertiary/aromatic N) is 1. The first kappa shape index (κ1) is 19.2. The van der Waals surface area contributed by atoms with Crippen molar-refractivity contribution in [2.24, 2.45) is 0 Å². The Bertz CT molecular complexity index is 238. The maximum atomic E-state index is 5.77. The van der Waals surface area contributed by atoms with Crippen LogP contribution in [0, 0.1) is 0 Å². The van der Waals surface area contributed by atoms with Crippen LogP contribution < -0.4 is 5.32 Å². The van der Waals surface area contributed by atoms with Crippen LogP contribution in [0.3, 0.4) is 0 Å². The van der Waals surface area contributed by atoms with Crippen LogP contribution in [0.4, 0.5) is 0 Å². The van der Waals surface area contributed by atoms with Crippen molar-refractivity contribution in [3.8, 4) is 0 Å². The molecule has 0 radical (unpaired) electrons. The number of hydrogen-bond donors (Lipinski definition) is 1. The van der Waals surface area contributed by atoms with E-state index in [1.165, 1.54) is 96.9 Å². The van der Waals surface area contributed by atoms with E-state index >= 15 is 0 Å². The van der Waals surface area contributed by atoms with Gasteiger partial charge in [0.15, 0.2) is 6.29 Å². The summed E-state index contributed by atoms with van der Waals surface area (Å²) in [6.07, 6.45) is 14.5. The third kappa shape index (κ3) is 9.65. The molecule has 23 heavy (non-hydrogen) atoms. The molecule has 1 atom stereocenters. The summed E-state index contributed by atoms with van der Waals surface area (Å²) in [6.45, 7) is 7.92. The topological polar surface area (TPSA) is 33.7 Å². The lowest BCUT2D eigenvalue weighted by molar-refractivity contribution is -0.162. The number of unbranched alkanes of at least 4 members (excludes halogenated alkanes) is 7. The van der Waals surface area contributed by atoms with Crippen LogP contribution in [-0.4, -0.2) is 57.1 Å². The van der Waals surface area contributed by atoms with Gasteiger partial charge in [0.1, 0.15) is 0 Å². The van der Waals surface area contributed by atoms with Crippen LogP contribution in [0.15, 0.2) is 0 Å². The summed E-state index contributed by atoms with van der Waals surface area (Å²) < 4.78 is 11.3. The Labute approximate surface area is 143 Å². The fourth-order valence-corrected chi connectivity index (χ4v) is 3.49. The highest BCUT2D eigenvalue weighted by Gasteiger charge is 2.13. The smallest absolute Gasteiger partial charge is 0.157 e. The highest BCUT2D eigenvalue weighted by molar-refractivity contribution is 4.67. The lowest BCUT2D eigenvalue weighted by atomic mass is 10.1. The molecular formula is C19H38N2O2. The molecule has 0 aliphatic carbocycles. The predicted molar refractivity (Wildman–Crippen MR) is 95.8 cm³/mol. The summed E-state index contributed by atoms with van der Waals surface area (Å²) in [4.78, 5) is 2.60. The van der Waals surface area contributed by atoms with E-state index in [2.05, 4.69) is 10.2 Å². The monoisotopic (exact) mass is 326 g/mol. The van der Waals surface area contributed by atoms with Gasteiger partial charge < -0.3 is 19.7 Å². The largest absolute Gasteiger partial charge is 0.353 e. The Morgan fingerprint density at radius 2 is 1.57 bits per heavy atom. The normalized spacial score (nSPS) is 23.2. The first-order valence-corrected chi connectivity index (χ1v) is 10.1. The zero-order valence-corrected chi connectivity index (χ0v) is 15.1. The van der Waals surface area contributed by atoms with Crippen LogP contribution in [0.5, 0.6) is 0 Å². The van der Waals surface area contributed by atoms with Crippen molar-refractivity contribution in [1.82, 2.24) is 10.2 Å². The Hall–Kier alpha value is -0.160. The predicted octanol–water partition coefficient (Wildman–Crippen LogP) is 3.56. The molecule has 2 fully saturated rings. The van der Waals surface area contributed by atoms with Crippen LogP contribution in [0.2, 0.25) is 0 Å². The number of piperazine rings is 1. The second-order valence-corrected chi connectivity index (χ2v) is 7.09. The molecule has 2 heterocycles. The molecule has 0 aromatic rings. The van der Waals surface area contributed by atoms with Crippen LogP contribution in [-0.2, 0) is 9.47 Å². The van der Waals surface area contributed by atoms with Gasteiger partial charge in [-0.2, -0.15) is 0 Å². The van der Waals surface area contributed by atoms with Gasteiger partial charge in [-0.15, -0.1) is 0 Å². The summed E-state index contributed by atoms with van der Waals surface area (Å²) in [5.74, 6) is 0. The van der Waals surface area contributed by atoms with Crippen molar-refractivity contribution in [2.75, 3.05) is 45.9 Å². The number of hydrogen-bond acceptors (Lipinski definition) is 4. The minimum Gasteiger partial charge on any atom is -0.353 e. The fraction of sp³-hybridized carbons (Fsp3) is 1.00. The molecule has 0 aromatic heterocycles. The zero-order valence-electron chi connectivity index (χ0n) is 15.1. The molecule has 2 saturated heterocycles. The molecule has 0 bridgehead atoms. The van der Waals surface area contributed by atoms with E-state index in [9.17, 15) is 0 Å². The maximum absolute atomic E-state index is 5.77. The molecule has 1 N–H and O–H groups in total. The van der Waals surface area contributed by atoms with Gasteiger partial charge in [-0.25, -0.2) is 0 Å². The molecule has 4 heteroatoms. The Kier molecular flexibility index (Phi) is 11.0. The SMILES string of the molecule is C(CCCCCN1CCNCC1)CCCCOC1CCCCO1. The summed E-state index contributed by atoms with van der Waals surface area (Å²) in [5.41, 5.74) is 0. The van der Waals surface area contributed by atoms with Gasteiger partial charge in [-0.05, 0) is 38.6 Å². The van der Waals surface area contributed by atoms with Crippen molar-refractivity contribution in [3.63, 3.8) is 0 Å². The van der Waals surface area contributed by atoms with E-state index in [0.29, 0.717) is 0 Å². The van der Waals surface area contributed by atoms with Crippen LogP contribution >= 0.6 is 0 Å². The summed E-state index contributed by atoms with van der Waals surface area (Å²) >= 11 is 0. The standard InChI is InChI=1S/C19H38N2O2/c1(3-5-8-14-21-15-12-20-13-16-21)2-4-6-9-17-22-19-11-7-10-18-23-19/h19-20H,1-18H2. The summed E-state index contributed by atoms with van der Waals surface area (Å²) in [5, 5.41) is 3.41. The molecule has 0 spiro atoms. The third-order valence-corrected chi connectivity index (χ3v) is 5.02.